The van der Waals surface area contributed by atoms with E-state index in [9.17, 15) is 9.18 Å². The van der Waals surface area contributed by atoms with Gasteiger partial charge in [0.1, 0.15) is 5.82 Å². The number of anilines is 1. The third-order valence-electron chi connectivity index (χ3n) is 5.65. The Morgan fingerprint density at radius 1 is 1.00 bits per heavy atom. The van der Waals surface area contributed by atoms with Crippen molar-refractivity contribution in [2.75, 3.05) is 11.9 Å². The molecule has 2 aromatic carbocycles. The first-order valence-corrected chi connectivity index (χ1v) is 10.4. The molecule has 3 aromatic heterocycles. The van der Waals surface area contributed by atoms with E-state index in [1.807, 2.05) is 35.9 Å². The predicted octanol–water partition coefficient (Wildman–Crippen LogP) is 5.21. The normalized spacial score (nSPS) is 11.0. The first kappa shape index (κ1) is 20.5. The number of nitrogens with zero attached hydrogens (tertiary/aromatic N) is 5. The topological polar surface area (TPSA) is 63.9 Å². The maximum atomic E-state index is 14.1. The van der Waals surface area contributed by atoms with E-state index in [1.54, 1.807) is 67.1 Å². The van der Waals surface area contributed by atoms with Crippen molar-refractivity contribution in [3.05, 3.63) is 103 Å². The summed E-state index contributed by atoms with van der Waals surface area (Å²) >= 11 is 0. The van der Waals surface area contributed by atoms with Crippen LogP contribution in [0.1, 0.15) is 15.9 Å². The van der Waals surface area contributed by atoms with Crippen LogP contribution in [0, 0.1) is 12.7 Å². The minimum Gasteiger partial charge on any atom is -0.311 e. The summed E-state index contributed by atoms with van der Waals surface area (Å²) in [7, 11) is 1.73. The summed E-state index contributed by atoms with van der Waals surface area (Å²) in [5.74, 6) is -0.0119. The molecule has 0 radical (unpaired) electrons. The van der Waals surface area contributed by atoms with Crippen LogP contribution >= 0.6 is 0 Å². The van der Waals surface area contributed by atoms with E-state index in [0.29, 0.717) is 22.6 Å². The molecule has 0 saturated heterocycles. The highest BCUT2D eigenvalue weighted by Gasteiger charge is 2.17. The number of aryl methyl sites for hydroxylation is 1. The molecule has 0 unspecified atom stereocenters. The van der Waals surface area contributed by atoms with Crippen LogP contribution in [-0.4, -0.2) is 32.5 Å². The predicted molar refractivity (Wildman–Crippen MR) is 126 cm³/mol. The molecule has 7 heteroatoms. The molecule has 33 heavy (non-hydrogen) atoms. The fraction of sp³-hybridized carbons (Fsp3) is 0.0769. The third-order valence-corrected chi connectivity index (χ3v) is 5.65. The first-order chi connectivity index (χ1) is 16.0. The van der Waals surface area contributed by atoms with E-state index in [-0.39, 0.29) is 11.7 Å². The Labute approximate surface area is 190 Å². The lowest BCUT2D eigenvalue weighted by Gasteiger charge is -2.17. The van der Waals surface area contributed by atoms with Crippen molar-refractivity contribution in [1.82, 2.24) is 19.5 Å². The Hall–Kier alpha value is -4.39. The number of aromatic nitrogens is 4. The molecule has 0 aliphatic heterocycles. The summed E-state index contributed by atoms with van der Waals surface area (Å²) in [5, 5.41) is 1.000. The van der Waals surface area contributed by atoms with E-state index in [0.717, 1.165) is 22.2 Å². The van der Waals surface area contributed by atoms with Crippen LogP contribution in [0.5, 0.6) is 0 Å². The number of carbonyl (C=O) groups is 1. The van der Waals surface area contributed by atoms with Crippen LogP contribution < -0.4 is 4.90 Å². The second-order valence-corrected chi connectivity index (χ2v) is 7.74. The smallest absolute Gasteiger partial charge is 0.258 e. The molecule has 0 fully saturated rings. The van der Waals surface area contributed by atoms with Crippen LogP contribution in [0.25, 0.3) is 28.0 Å². The van der Waals surface area contributed by atoms with Crippen LogP contribution in [0.3, 0.4) is 0 Å². The van der Waals surface area contributed by atoms with Gasteiger partial charge in [0.25, 0.3) is 5.91 Å². The minimum absolute atomic E-state index is 0.135. The average molecular weight is 437 g/mol. The number of rotatable bonds is 4. The zero-order valence-electron chi connectivity index (χ0n) is 18.1. The molecule has 5 rings (SSSR count). The summed E-state index contributed by atoms with van der Waals surface area (Å²) in [5.41, 5.74) is 4.20. The van der Waals surface area contributed by atoms with Gasteiger partial charge in [-0.15, -0.1) is 0 Å². The number of hydrogen-bond donors (Lipinski definition) is 0. The van der Waals surface area contributed by atoms with Gasteiger partial charge in [-0.3, -0.25) is 14.3 Å². The Morgan fingerprint density at radius 2 is 1.73 bits per heavy atom. The number of amides is 1. The number of hydrogen-bond acceptors (Lipinski definition) is 4. The molecular weight excluding hydrogens is 417 g/mol. The van der Waals surface area contributed by atoms with Crippen molar-refractivity contribution < 1.29 is 9.18 Å². The molecular formula is C26H20FN5O. The van der Waals surface area contributed by atoms with Gasteiger partial charge in [-0.1, -0.05) is 24.3 Å². The van der Waals surface area contributed by atoms with Gasteiger partial charge in [-0.25, -0.2) is 14.4 Å². The third kappa shape index (κ3) is 3.74. The zero-order chi connectivity index (χ0) is 22.9. The maximum Gasteiger partial charge on any atom is 0.258 e. The highest BCUT2D eigenvalue weighted by atomic mass is 19.1. The Morgan fingerprint density at radius 3 is 2.45 bits per heavy atom. The monoisotopic (exact) mass is 437 g/mol. The lowest BCUT2D eigenvalue weighted by Crippen LogP contribution is -2.26. The first-order valence-electron chi connectivity index (χ1n) is 10.4. The summed E-state index contributed by atoms with van der Waals surface area (Å²) in [6.45, 7) is 2.00. The molecule has 0 aliphatic carbocycles. The number of carbonyl (C=O) groups excluding carboxylic acids is 1. The van der Waals surface area contributed by atoms with Gasteiger partial charge in [0, 0.05) is 65.8 Å². The van der Waals surface area contributed by atoms with Gasteiger partial charge in [-0.05, 0) is 42.8 Å². The van der Waals surface area contributed by atoms with Crippen LogP contribution in [0.4, 0.5) is 10.1 Å². The highest BCUT2D eigenvalue weighted by Crippen LogP contribution is 2.27. The SMILES string of the molecule is Cc1cn(-c2ncc(-c3ccccc3F)cn2)c2cc(C(=O)N(C)c3ccncc3)ccc12. The van der Waals surface area contributed by atoms with Crippen LogP contribution in [0.15, 0.2) is 85.6 Å². The number of fused-ring (bicyclic) bond motifs is 1. The van der Waals surface area contributed by atoms with Gasteiger partial charge in [0.05, 0.1) is 5.52 Å². The Balaban J connectivity index is 1.53. The second-order valence-electron chi connectivity index (χ2n) is 7.74. The summed E-state index contributed by atoms with van der Waals surface area (Å²) < 4.78 is 16.0. The molecule has 0 bridgehead atoms. The summed E-state index contributed by atoms with van der Waals surface area (Å²) in [4.78, 5) is 27.6. The van der Waals surface area contributed by atoms with Crippen molar-refractivity contribution in [3.8, 4) is 17.1 Å². The van der Waals surface area contributed by atoms with Crippen molar-refractivity contribution in [2.24, 2.45) is 0 Å². The van der Waals surface area contributed by atoms with E-state index in [2.05, 4.69) is 15.0 Å². The number of pyridine rings is 1. The molecule has 6 nitrogen and oxygen atoms in total. The maximum absolute atomic E-state index is 14.1. The molecule has 0 N–H and O–H groups in total. The standard InChI is InChI=1S/C26H20FN5O/c1-17-16-32(26-29-14-19(15-30-26)22-5-3-4-6-23(22)27)24-13-18(7-8-21(17)24)25(33)31(2)20-9-11-28-12-10-20/h3-16H,1-2H3. The molecule has 3 heterocycles. The summed E-state index contributed by atoms with van der Waals surface area (Å²) in [6, 6.07) is 15.7. The fourth-order valence-electron chi connectivity index (χ4n) is 3.85. The largest absolute Gasteiger partial charge is 0.311 e. The molecule has 5 aromatic rings. The lowest BCUT2D eigenvalue weighted by atomic mass is 10.1. The minimum atomic E-state index is -0.322. The molecule has 0 spiro atoms. The number of halogens is 1. The Kier molecular flexibility index (Phi) is 5.14. The van der Waals surface area contributed by atoms with E-state index in [1.165, 1.54) is 6.07 Å². The zero-order valence-corrected chi connectivity index (χ0v) is 18.1. The van der Waals surface area contributed by atoms with Gasteiger partial charge in [0.15, 0.2) is 0 Å². The highest BCUT2D eigenvalue weighted by molar-refractivity contribution is 6.07. The molecule has 1 amide bonds. The van der Waals surface area contributed by atoms with E-state index >= 15 is 0 Å². The lowest BCUT2D eigenvalue weighted by molar-refractivity contribution is 0.0993. The van der Waals surface area contributed by atoms with Gasteiger partial charge in [0.2, 0.25) is 5.95 Å². The number of benzene rings is 2. The van der Waals surface area contributed by atoms with Crippen molar-refractivity contribution >= 4 is 22.5 Å². The van der Waals surface area contributed by atoms with Gasteiger partial charge < -0.3 is 4.90 Å². The molecule has 0 aliphatic rings. The van der Waals surface area contributed by atoms with E-state index in [4.69, 9.17) is 0 Å². The molecule has 0 saturated carbocycles. The Bertz CT molecular complexity index is 1460. The summed E-state index contributed by atoms with van der Waals surface area (Å²) in [6.07, 6.45) is 8.45. The van der Waals surface area contributed by atoms with Crippen LogP contribution in [0.2, 0.25) is 0 Å². The van der Waals surface area contributed by atoms with Gasteiger partial charge >= 0.3 is 0 Å². The average Bonchev–Trinajstić information content (AvgIpc) is 3.20. The molecule has 0 atom stereocenters. The van der Waals surface area contributed by atoms with E-state index < -0.39 is 0 Å². The van der Waals surface area contributed by atoms with Crippen molar-refractivity contribution in [3.63, 3.8) is 0 Å². The van der Waals surface area contributed by atoms with Crippen molar-refractivity contribution in [1.29, 1.82) is 0 Å². The van der Waals surface area contributed by atoms with Gasteiger partial charge in [-0.2, -0.15) is 0 Å². The molecule has 162 valence electrons. The van der Waals surface area contributed by atoms with Crippen LogP contribution in [-0.2, 0) is 0 Å². The quantitative estimate of drug-likeness (QED) is 0.387. The second kappa shape index (κ2) is 8.27. The van der Waals surface area contributed by atoms with Crippen molar-refractivity contribution in [2.45, 2.75) is 6.92 Å². The fourth-order valence-corrected chi connectivity index (χ4v) is 3.85.